The highest BCUT2D eigenvalue weighted by Crippen LogP contribution is 2.27. The third kappa shape index (κ3) is 4.78. The Morgan fingerprint density at radius 1 is 1.18 bits per heavy atom. The molecule has 3 rings (SSSR count). The minimum Gasteiger partial charge on any atom is -0.496 e. The van der Waals surface area contributed by atoms with Gasteiger partial charge in [-0.15, -0.1) is 0 Å². The lowest BCUT2D eigenvalue weighted by atomic mass is 10.0. The van der Waals surface area contributed by atoms with Gasteiger partial charge in [-0.1, -0.05) is 23.7 Å². The summed E-state index contributed by atoms with van der Waals surface area (Å²) in [6.07, 6.45) is 2.39. The molecule has 2 aromatic rings. The Labute approximate surface area is 172 Å². The molecule has 0 bridgehead atoms. The van der Waals surface area contributed by atoms with Gasteiger partial charge in [0, 0.05) is 31.4 Å². The second-order valence-electron chi connectivity index (χ2n) is 7.30. The van der Waals surface area contributed by atoms with Crippen molar-refractivity contribution in [3.05, 3.63) is 58.6 Å². The lowest BCUT2D eigenvalue weighted by molar-refractivity contribution is 0.0935. The Balaban J connectivity index is 1.77. The number of carbonyl (C=O) groups is 1. The molecule has 0 aliphatic carbocycles. The van der Waals surface area contributed by atoms with E-state index in [2.05, 4.69) is 39.4 Å². The van der Waals surface area contributed by atoms with E-state index in [0.717, 1.165) is 18.8 Å². The van der Waals surface area contributed by atoms with Crippen LogP contribution < -0.4 is 15.0 Å². The van der Waals surface area contributed by atoms with Crippen LogP contribution in [0.25, 0.3) is 0 Å². The quantitative estimate of drug-likeness (QED) is 0.762. The van der Waals surface area contributed by atoms with Crippen LogP contribution in [0.15, 0.2) is 42.5 Å². The number of methoxy groups -OCH3 is 1. The van der Waals surface area contributed by atoms with Gasteiger partial charge in [0.1, 0.15) is 5.75 Å². The second-order valence-corrected chi connectivity index (χ2v) is 7.74. The van der Waals surface area contributed by atoms with E-state index in [4.69, 9.17) is 16.3 Å². The van der Waals surface area contributed by atoms with Gasteiger partial charge in [-0.2, -0.15) is 0 Å². The summed E-state index contributed by atoms with van der Waals surface area (Å²) in [5.41, 5.74) is 2.83. The molecule has 0 unspecified atom stereocenters. The summed E-state index contributed by atoms with van der Waals surface area (Å²) in [5.74, 6) is 0.350. The molecule has 1 atom stereocenters. The van der Waals surface area contributed by atoms with Gasteiger partial charge >= 0.3 is 0 Å². The highest BCUT2D eigenvalue weighted by Gasteiger charge is 2.24. The van der Waals surface area contributed by atoms with Gasteiger partial charge in [0.2, 0.25) is 0 Å². The number of hydrogen-bond acceptors (Lipinski definition) is 4. The van der Waals surface area contributed by atoms with Crippen molar-refractivity contribution in [2.45, 2.75) is 18.9 Å². The summed E-state index contributed by atoms with van der Waals surface area (Å²) in [4.78, 5) is 17.3. The highest BCUT2D eigenvalue weighted by molar-refractivity contribution is 6.31. The van der Waals surface area contributed by atoms with Gasteiger partial charge in [0.05, 0.1) is 18.7 Å². The third-order valence-corrected chi connectivity index (χ3v) is 5.47. The number of likely N-dealkylation sites (tertiary alicyclic amines) is 1. The molecule has 5 nitrogen and oxygen atoms in total. The number of carbonyl (C=O) groups excluding carboxylic acids is 1. The average molecular weight is 402 g/mol. The first-order chi connectivity index (χ1) is 13.5. The normalized spacial score (nSPS) is 15.3. The van der Waals surface area contributed by atoms with Gasteiger partial charge in [0.15, 0.2) is 0 Å². The molecule has 2 aromatic carbocycles. The number of benzene rings is 2. The van der Waals surface area contributed by atoms with Gasteiger partial charge in [-0.05, 0) is 61.8 Å². The van der Waals surface area contributed by atoms with E-state index >= 15 is 0 Å². The molecule has 1 aliphatic rings. The topological polar surface area (TPSA) is 44.8 Å². The molecular weight excluding hydrogens is 374 g/mol. The smallest absolute Gasteiger partial charge is 0.255 e. The first-order valence-electron chi connectivity index (χ1n) is 9.62. The number of nitrogens with zero attached hydrogens (tertiary/aromatic N) is 2. The zero-order chi connectivity index (χ0) is 20.1. The van der Waals surface area contributed by atoms with Gasteiger partial charge in [-0.3, -0.25) is 9.69 Å². The molecular formula is C22H28ClN3O2. The van der Waals surface area contributed by atoms with Gasteiger partial charge in [0.25, 0.3) is 5.91 Å². The summed E-state index contributed by atoms with van der Waals surface area (Å²) < 4.78 is 5.31. The Bertz CT molecular complexity index is 802. The van der Waals surface area contributed by atoms with Crippen molar-refractivity contribution in [1.29, 1.82) is 0 Å². The van der Waals surface area contributed by atoms with Gasteiger partial charge in [-0.25, -0.2) is 0 Å². The fourth-order valence-corrected chi connectivity index (χ4v) is 3.82. The standard InChI is InChI=1S/C22H28ClN3O2/c1-25(2)18-9-6-16(7-10-18)20(26-12-4-5-13-26)15-24-22(27)19-14-17(23)8-11-21(19)28-3/h6-11,14,20H,4-5,12-13,15H2,1-3H3,(H,24,27)/t20-/m0/s1. The maximum Gasteiger partial charge on any atom is 0.255 e. The highest BCUT2D eigenvalue weighted by atomic mass is 35.5. The minimum atomic E-state index is -0.173. The van der Waals surface area contributed by atoms with E-state index in [-0.39, 0.29) is 11.9 Å². The molecule has 1 saturated heterocycles. The molecule has 0 spiro atoms. The number of anilines is 1. The van der Waals surface area contributed by atoms with Crippen LogP contribution >= 0.6 is 11.6 Å². The molecule has 150 valence electrons. The minimum absolute atomic E-state index is 0.146. The number of amides is 1. The number of ether oxygens (including phenoxy) is 1. The van der Waals surface area contributed by atoms with Crippen LogP contribution in [-0.2, 0) is 0 Å². The fraction of sp³-hybridized carbons (Fsp3) is 0.409. The lowest BCUT2D eigenvalue weighted by Crippen LogP contribution is -2.37. The number of nitrogens with one attached hydrogen (secondary N) is 1. The first-order valence-corrected chi connectivity index (χ1v) is 10.0. The Hall–Kier alpha value is -2.24. The van der Waals surface area contributed by atoms with Crippen LogP contribution in [0.1, 0.15) is 34.8 Å². The van der Waals surface area contributed by atoms with Crippen molar-refractivity contribution in [3.8, 4) is 5.75 Å². The average Bonchev–Trinajstić information content (AvgIpc) is 3.22. The summed E-state index contributed by atoms with van der Waals surface area (Å²) in [5, 5.41) is 3.60. The molecule has 1 heterocycles. The Morgan fingerprint density at radius 2 is 1.86 bits per heavy atom. The maximum atomic E-state index is 12.8. The van der Waals surface area contributed by atoms with Crippen LogP contribution in [0.5, 0.6) is 5.75 Å². The van der Waals surface area contributed by atoms with E-state index in [1.807, 2.05) is 14.1 Å². The van der Waals surface area contributed by atoms with E-state index in [1.165, 1.54) is 18.4 Å². The molecule has 1 amide bonds. The molecule has 0 saturated carbocycles. The first kappa shape index (κ1) is 20.5. The fourth-order valence-electron chi connectivity index (χ4n) is 3.65. The van der Waals surface area contributed by atoms with E-state index in [1.54, 1.807) is 25.3 Å². The van der Waals surface area contributed by atoms with Crippen molar-refractivity contribution in [2.75, 3.05) is 45.7 Å². The van der Waals surface area contributed by atoms with Crippen LogP contribution in [-0.4, -0.2) is 51.6 Å². The number of rotatable bonds is 7. The third-order valence-electron chi connectivity index (χ3n) is 5.24. The largest absolute Gasteiger partial charge is 0.496 e. The molecule has 6 heteroatoms. The summed E-state index contributed by atoms with van der Waals surface area (Å²) in [6.45, 7) is 2.64. The summed E-state index contributed by atoms with van der Waals surface area (Å²) in [6, 6.07) is 13.8. The molecule has 0 aromatic heterocycles. The van der Waals surface area contributed by atoms with E-state index in [0.29, 0.717) is 22.9 Å². The van der Waals surface area contributed by atoms with Crippen molar-refractivity contribution in [3.63, 3.8) is 0 Å². The van der Waals surface area contributed by atoms with Crippen molar-refractivity contribution >= 4 is 23.2 Å². The molecule has 0 radical (unpaired) electrons. The second kappa shape index (κ2) is 9.30. The van der Waals surface area contributed by atoms with Crippen LogP contribution in [0, 0.1) is 0 Å². The van der Waals surface area contributed by atoms with Crippen molar-refractivity contribution < 1.29 is 9.53 Å². The molecule has 1 fully saturated rings. The zero-order valence-electron chi connectivity index (χ0n) is 16.7. The van der Waals surface area contributed by atoms with Crippen LogP contribution in [0.3, 0.4) is 0 Å². The number of hydrogen-bond donors (Lipinski definition) is 1. The predicted octanol–water partition coefficient (Wildman–Crippen LogP) is 3.98. The van der Waals surface area contributed by atoms with Crippen molar-refractivity contribution in [2.24, 2.45) is 0 Å². The van der Waals surface area contributed by atoms with Crippen LogP contribution in [0.2, 0.25) is 5.02 Å². The Morgan fingerprint density at radius 3 is 2.46 bits per heavy atom. The molecule has 1 N–H and O–H groups in total. The van der Waals surface area contributed by atoms with E-state index < -0.39 is 0 Å². The summed E-state index contributed by atoms with van der Waals surface area (Å²) >= 11 is 6.07. The number of halogens is 1. The Kier molecular flexibility index (Phi) is 6.81. The maximum absolute atomic E-state index is 12.8. The predicted molar refractivity (Wildman–Crippen MR) is 115 cm³/mol. The van der Waals surface area contributed by atoms with Crippen LogP contribution in [0.4, 0.5) is 5.69 Å². The lowest BCUT2D eigenvalue weighted by Gasteiger charge is -2.28. The molecule has 28 heavy (non-hydrogen) atoms. The SMILES string of the molecule is COc1ccc(Cl)cc1C(=O)NC[C@@H](c1ccc(N(C)C)cc1)N1CCCC1. The molecule has 1 aliphatic heterocycles. The monoisotopic (exact) mass is 401 g/mol. The zero-order valence-corrected chi connectivity index (χ0v) is 17.5. The summed E-state index contributed by atoms with van der Waals surface area (Å²) in [7, 11) is 5.62. The van der Waals surface area contributed by atoms with E-state index in [9.17, 15) is 4.79 Å². The van der Waals surface area contributed by atoms with Gasteiger partial charge < -0.3 is 15.0 Å². The van der Waals surface area contributed by atoms with Crippen molar-refractivity contribution in [1.82, 2.24) is 10.2 Å².